The maximum absolute atomic E-state index is 12.6. The molecule has 0 saturated carbocycles. The van der Waals surface area contributed by atoms with E-state index in [9.17, 15) is 66.1 Å². The molecule has 0 aromatic heterocycles. The molecule has 0 spiro atoms. The Bertz CT molecular complexity index is 1610. The summed E-state index contributed by atoms with van der Waals surface area (Å²) in [5, 5.41) is 124. The van der Waals surface area contributed by atoms with Crippen LogP contribution in [-0.2, 0) is 44.4 Å². The number of carbonyl (C=O) groups excluding carboxylic acids is 1. The van der Waals surface area contributed by atoms with Crippen LogP contribution in [0, 0.1) is 0 Å². The molecular weight excluding hydrogens is 740 g/mol. The zero-order valence-corrected chi connectivity index (χ0v) is 29.2. The highest BCUT2D eigenvalue weighted by atomic mass is 16.8. The Morgan fingerprint density at radius 2 is 1.27 bits per heavy atom. The lowest BCUT2D eigenvalue weighted by molar-refractivity contribution is -0.378. The number of aromatic hydroxyl groups is 4. The quantitative estimate of drug-likeness (QED) is 0.0541. The zero-order valence-electron chi connectivity index (χ0n) is 29.2. The standard InChI is InChI=1S/C35H46O20/c1-14-24(42)31(54-34-28(46)27(45)25(43)21(12-36)52-34)30(48)35(51-14)55-32-26(44)22(13-50-23(41)7-4-15-2-5-17(37)19(39)10-15)53-33(29(32)47)49-9-8-16-3-6-18(38)20(40)11-16/h2-7,10-11,14,21-22,24-40,42-48H,8-9,12-13H2,1H3/b7-4+/t14-,21+,22+,24-,25+,26+,27-,28+,29+,30+,31+,32-,33+,34-,35-/m0/s1. The number of phenolic OH excluding ortho intramolecular Hbond substituents is 4. The number of carbonyl (C=O) groups is 1. The monoisotopic (exact) mass is 786 g/mol. The van der Waals surface area contributed by atoms with E-state index in [2.05, 4.69) is 0 Å². The van der Waals surface area contributed by atoms with Crippen LogP contribution in [0.3, 0.4) is 0 Å². The van der Waals surface area contributed by atoms with Gasteiger partial charge >= 0.3 is 5.97 Å². The van der Waals surface area contributed by atoms with Gasteiger partial charge < -0.3 is 94.4 Å². The van der Waals surface area contributed by atoms with Crippen molar-refractivity contribution < 1.29 is 99.2 Å². The highest BCUT2D eigenvalue weighted by Gasteiger charge is 2.53. The number of hydrogen-bond acceptors (Lipinski definition) is 20. The maximum atomic E-state index is 12.6. The van der Waals surface area contributed by atoms with Gasteiger partial charge in [-0.1, -0.05) is 12.1 Å². The Morgan fingerprint density at radius 1 is 0.673 bits per heavy atom. The van der Waals surface area contributed by atoms with Gasteiger partial charge in [0.1, 0.15) is 73.8 Å². The molecule has 0 unspecified atom stereocenters. The van der Waals surface area contributed by atoms with Gasteiger partial charge in [-0.15, -0.1) is 0 Å². The van der Waals surface area contributed by atoms with Crippen LogP contribution in [-0.4, -0.2) is 179 Å². The number of aliphatic hydroxyl groups is 8. The minimum Gasteiger partial charge on any atom is -0.504 e. The molecule has 5 rings (SSSR count). The van der Waals surface area contributed by atoms with Gasteiger partial charge in [-0.3, -0.25) is 0 Å². The average molecular weight is 787 g/mol. The van der Waals surface area contributed by atoms with Crippen molar-refractivity contribution in [1.82, 2.24) is 0 Å². The molecule has 15 atom stereocenters. The van der Waals surface area contributed by atoms with Gasteiger partial charge in [0, 0.05) is 6.08 Å². The molecule has 3 saturated heterocycles. The van der Waals surface area contributed by atoms with Crippen molar-refractivity contribution in [2.75, 3.05) is 19.8 Å². The fourth-order valence-electron chi connectivity index (χ4n) is 6.14. The lowest BCUT2D eigenvalue weighted by Gasteiger charge is -2.48. The fraction of sp³-hybridized carbons (Fsp3) is 0.571. The van der Waals surface area contributed by atoms with Crippen molar-refractivity contribution in [3.8, 4) is 23.0 Å². The Morgan fingerprint density at radius 3 is 1.93 bits per heavy atom. The van der Waals surface area contributed by atoms with E-state index in [1.165, 1.54) is 49.4 Å². The summed E-state index contributed by atoms with van der Waals surface area (Å²) in [5.41, 5.74) is 0.872. The van der Waals surface area contributed by atoms with E-state index in [4.69, 9.17) is 33.2 Å². The summed E-state index contributed by atoms with van der Waals surface area (Å²) in [7, 11) is 0. The van der Waals surface area contributed by atoms with E-state index in [0.717, 1.165) is 6.08 Å². The van der Waals surface area contributed by atoms with Gasteiger partial charge in [0.05, 0.1) is 19.3 Å². The molecule has 0 aliphatic carbocycles. The number of ether oxygens (including phenoxy) is 7. The summed E-state index contributed by atoms with van der Waals surface area (Å²) in [6, 6.07) is 7.89. The number of phenols is 4. The first kappa shape index (κ1) is 42.4. The van der Waals surface area contributed by atoms with Crippen molar-refractivity contribution in [3.05, 3.63) is 53.6 Å². The molecule has 0 amide bonds. The molecule has 55 heavy (non-hydrogen) atoms. The lowest BCUT2D eigenvalue weighted by atomic mass is 9.96. The SMILES string of the molecule is C[C@@H]1O[C@@H](O[C@@H]2[C@@H](O)[C@H](OCCc3ccc(O)c(O)c3)O[C@H](COC(=O)/C=C/c3ccc(O)c(O)c3)[C@H]2O)[C@H](O)[C@H](O[C@@H]2O[C@H](CO)[C@@H](O)[C@H](O)[C@H]2O)[C@H]1O. The van der Waals surface area contributed by atoms with Crippen molar-refractivity contribution in [1.29, 1.82) is 0 Å². The van der Waals surface area contributed by atoms with Crippen LogP contribution in [0.25, 0.3) is 6.08 Å². The zero-order chi connectivity index (χ0) is 40.1. The second-order valence-electron chi connectivity index (χ2n) is 13.3. The molecule has 0 bridgehead atoms. The van der Waals surface area contributed by atoms with Crippen LogP contribution in [0.15, 0.2) is 42.5 Å². The van der Waals surface area contributed by atoms with Gasteiger partial charge in [-0.2, -0.15) is 0 Å². The molecule has 306 valence electrons. The van der Waals surface area contributed by atoms with Gasteiger partial charge in [0.15, 0.2) is 41.9 Å². The smallest absolute Gasteiger partial charge is 0.330 e. The van der Waals surface area contributed by atoms with Crippen LogP contribution >= 0.6 is 0 Å². The first-order valence-corrected chi connectivity index (χ1v) is 17.2. The van der Waals surface area contributed by atoms with Crippen LogP contribution in [0.2, 0.25) is 0 Å². The topological polar surface area (TPSA) is 324 Å². The second kappa shape index (κ2) is 18.5. The third-order valence-electron chi connectivity index (χ3n) is 9.37. The first-order chi connectivity index (χ1) is 26.1. The van der Waals surface area contributed by atoms with Crippen LogP contribution in [0.1, 0.15) is 18.1 Å². The van der Waals surface area contributed by atoms with E-state index in [0.29, 0.717) is 11.1 Å². The number of hydrogen-bond donors (Lipinski definition) is 12. The number of benzene rings is 2. The summed E-state index contributed by atoms with van der Waals surface area (Å²) < 4.78 is 39.3. The van der Waals surface area contributed by atoms with Gasteiger partial charge in [-0.25, -0.2) is 4.79 Å². The van der Waals surface area contributed by atoms with Crippen molar-refractivity contribution in [3.63, 3.8) is 0 Å². The summed E-state index contributed by atoms with van der Waals surface area (Å²) in [6.45, 7) is -0.183. The van der Waals surface area contributed by atoms with E-state index < -0.39 is 117 Å². The molecule has 2 aromatic rings. The van der Waals surface area contributed by atoms with Gasteiger partial charge in [0.25, 0.3) is 0 Å². The molecule has 3 heterocycles. The lowest BCUT2D eigenvalue weighted by Crippen LogP contribution is -2.66. The minimum absolute atomic E-state index is 0.141. The Kier molecular flexibility index (Phi) is 14.3. The van der Waals surface area contributed by atoms with Crippen molar-refractivity contribution >= 4 is 12.0 Å². The molecule has 3 aliphatic rings. The Hall–Kier alpha value is -3.71. The molecule has 20 nitrogen and oxygen atoms in total. The predicted molar refractivity (Wildman–Crippen MR) is 180 cm³/mol. The van der Waals surface area contributed by atoms with Crippen molar-refractivity contribution in [2.45, 2.75) is 105 Å². The normalized spacial score (nSPS) is 36.9. The van der Waals surface area contributed by atoms with Crippen LogP contribution in [0.5, 0.6) is 23.0 Å². The Balaban J connectivity index is 1.30. The first-order valence-electron chi connectivity index (χ1n) is 17.2. The molecule has 2 aromatic carbocycles. The summed E-state index contributed by atoms with van der Waals surface area (Å²) in [4.78, 5) is 12.6. The molecule has 12 N–H and O–H groups in total. The molecule has 3 fully saturated rings. The summed E-state index contributed by atoms with van der Waals surface area (Å²) in [6.07, 6.45) is -22.6. The molecule has 3 aliphatic heterocycles. The molecule has 0 radical (unpaired) electrons. The third kappa shape index (κ3) is 10.0. The average Bonchev–Trinajstić information content (AvgIpc) is 3.16. The van der Waals surface area contributed by atoms with E-state index in [-0.39, 0.29) is 30.3 Å². The van der Waals surface area contributed by atoms with Crippen molar-refractivity contribution in [2.24, 2.45) is 0 Å². The molecular formula is C35H46O20. The fourth-order valence-corrected chi connectivity index (χ4v) is 6.14. The predicted octanol–water partition coefficient (Wildman–Crippen LogP) is -3.19. The number of aliphatic hydroxyl groups excluding tert-OH is 8. The summed E-state index contributed by atoms with van der Waals surface area (Å²) in [5.74, 6) is -2.42. The van der Waals surface area contributed by atoms with E-state index in [1.54, 1.807) is 0 Å². The van der Waals surface area contributed by atoms with E-state index >= 15 is 0 Å². The van der Waals surface area contributed by atoms with Crippen LogP contribution < -0.4 is 0 Å². The minimum atomic E-state index is -1.93. The van der Waals surface area contributed by atoms with Crippen LogP contribution in [0.4, 0.5) is 0 Å². The number of rotatable bonds is 13. The van der Waals surface area contributed by atoms with E-state index in [1.807, 2.05) is 0 Å². The summed E-state index contributed by atoms with van der Waals surface area (Å²) >= 11 is 0. The Labute approximate surface area is 313 Å². The highest BCUT2D eigenvalue weighted by Crippen LogP contribution is 2.33. The maximum Gasteiger partial charge on any atom is 0.330 e. The second-order valence-corrected chi connectivity index (χ2v) is 13.3. The highest BCUT2D eigenvalue weighted by molar-refractivity contribution is 5.87. The molecule has 20 heteroatoms. The number of esters is 1. The largest absolute Gasteiger partial charge is 0.504 e. The van der Waals surface area contributed by atoms with Gasteiger partial charge in [0.2, 0.25) is 0 Å². The van der Waals surface area contributed by atoms with Gasteiger partial charge in [-0.05, 0) is 54.8 Å². The third-order valence-corrected chi connectivity index (χ3v) is 9.37.